The SMILES string of the molecule is C=C(C)C(=O)NCCC.CCN(CC)CC. The Kier molecular flexibility index (Phi) is 13.4. The van der Waals surface area contributed by atoms with Crippen LogP contribution in [0.3, 0.4) is 0 Å². The van der Waals surface area contributed by atoms with Crippen molar-refractivity contribution < 1.29 is 4.79 Å². The molecule has 1 N–H and O–H groups in total. The first-order valence-corrected chi connectivity index (χ1v) is 6.19. The Balaban J connectivity index is 0. The number of hydrogen-bond donors (Lipinski definition) is 1. The number of rotatable bonds is 6. The van der Waals surface area contributed by atoms with Gasteiger partial charge >= 0.3 is 0 Å². The average molecular weight is 228 g/mol. The summed E-state index contributed by atoms with van der Waals surface area (Å²) in [5.74, 6) is -0.0446. The Morgan fingerprint density at radius 2 is 1.56 bits per heavy atom. The molecule has 0 aliphatic carbocycles. The van der Waals surface area contributed by atoms with Gasteiger partial charge in [0.25, 0.3) is 0 Å². The van der Waals surface area contributed by atoms with Crippen molar-refractivity contribution in [2.24, 2.45) is 0 Å². The molecule has 0 aromatic rings. The summed E-state index contributed by atoms with van der Waals surface area (Å²) in [7, 11) is 0. The third-order valence-corrected chi connectivity index (χ3v) is 2.26. The lowest BCUT2D eigenvalue weighted by Gasteiger charge is -2.13. The van der Waals surface area contributed by atoms with Crippen LogP contribution in [0.4, 0.5) is 0 Å². The molecule has 0 bridgehead atoms. The minimum absolute atomic E-state index is 0.0446. The molecule has 0 aromatic carbocycles. The van der Waals surface area contributed by atoms with Gasteiger partial charge in [-0.25, -0.2) is 0 Å². The highest BCUT2D eigenvalue weighted by atomic mass is 16.1. The molecule has 0 spiro atoms. The van der Waals surface area contributed by atoms with Gasteiger partial charge in [-0.2, -0.15) is 0 Å². The Hall–Kier alpha value is -0.830. The number of amides is 1. The highest BCUT2D eigenvalue weighted by Gasteiger charge is 1.96. The van der Waals surface area contributed by atoms with Gasteiger partial charge in [-0.05, 0) is 33.0 Å². The number of nitrogens with zero attached hydrogens (tertiary/aromatic N) is 1. The molecule has 16 heavy (non-hydrogen) atoms. The lowest BCUT2D eigenvalue weighted by atomic mass is 10.3. The first kappa shape index (κ1) is 17.6. The highest BCUT2D eigenvalue weighted by Crippen LogP contribution is 1.84. The largest absolute Gasteiger partial charge is 0.352 e. The Bertz CT molecular complexity index is 181. The smallest absolute Gasteiger partial charge is 0.246 e. The van der Waals surface area contributed by atoms with Gasteiger partial charge in [0.15, 0.2) is 0 Å². The van der Waals surface area contributed by atoms with Crippen molar-refractivity contribution >= 4 is 5.91 Å². The maximum atomic E-state index is 10.7. The van der Waals surface area contributed by atoms with Crippen LogP contribution in [0.15, 0.2) is 12.2 Å². The molecule has 0 saturated heterocycles. The van der Waals surface area contributed by atoms with Gasteiger partial charge in [-0.3, -0.25) is 4.79 Å². The number of hydrogen-bond acceptors (Lipinski definition) is 2. The van der Waals surface area contributed by atoms with Crippen LogP contribution in [-0.4, -0.2) is 37.0 Å². The van der Waals surface area contributed by atoms with E-state index < -0.39 is 0 Å². The molecule has 0 radical (unpaired) electrons. The second kappa shape index (κ2) is 12.2. The van der Waals surface area contributed by atoms with Gasteiger partial charge in [-0.1, -0.05) is 34.3 Å². The molecule has 96 valence electrons. The maximum absolute atomic E-state index is 10.7. The topological polar surface area (TPSA) is 32.3 Å². The summed E-state index contributed by atoms with van der Waals surface area (Å²) in [6, 6.07) is 0. The standard InChI is InChI=1S/C7H13NO.C6H15N/c1-4-5-8-7(9)6(2)3;1-4-7(5-2)6-3/h2,4-5H2,1,3H3,(H,8,9);4-6H2,1-3H3. The van der Waals surface area contributed by atoms with Gasteiger partial charge in [0.1, 0.15) is 0 Å². The van der Waals surface area contributed by atoms with Crippen LogP contribution < -0.4 is 5.32 Å². The van der Waals surface area contributed by atoms with Crippen molar-refractivity contribution in [3.05, 3.63) is 12.2 Å². The van der Waals surface area contributed by atoms with Gasteiger partial charge in [0.05, 0.1) is 0 Å². The molecule has 0 aliphatic heterocycles. The molecular weight excluding hydrogens is 200 g/mol. The number of carbonyl (C=O) groups excluding carboxylic acids is 1. The van der Waals surface area contributed by atoms with E-state index in [1.54, 1.807) is 6.92 Å². The molecule has 3 nitrogen and oxygen atoms in total. The fraction of sp³-hybridized carbons (Fsp3) is 0.769. The van der Waals surface area contributed by atoms with Crippen molar-refractivity contribution in [2.45, 2.75) is 41.0 Å². The summed E-state index contributed by atoms with van der Waals surface area (Å²) in [5.41, 5.74) is 0.573. The van der Waals surface area contributed by atoms with Crippen molar-refractivity contribution in [1.82, 2.24) is 10.2 Å². The van der Waals surface area contributed by atoms with Gasteiger partial charge in [-0.15, -0.1) is 0 Å². The molecule has 1 amide bonds. The van der Waals surface area contributed by atoms with Gasteiger partial charge in [0.2, 0.25) is 5.91 Å². The van der Waals surface area contributed by atoms with Crippen LogP contribution in [0, 0.1) is 0 Å². The number of nitrogens with one attached hydrogen (secondary N) is 1. The average Bonchev–Trinajstić information content (AvgIpc) is 2.29. The molecule has 0 fully saturated rings. The normalized spacial score (nSPS) is 9.38. The van der Waals surface area contributed by atoms with E-state index in [0.29, 0.717) is 5.57 Å². The molecule has 0 unspecified atom stereocenters. The molecule has 0 heterocycles. The molecule has 0 rings (SSSR count). The lowest BCUT2D eigenvalue weighted by molar-refractivity contribution is -0.117. The maximum Gasteiger partial charge on any atom is 0.246 e. The van der Waals surface area contributed by atoms with E-state index >= 15 is 0 Å². The van der Waals surface area contributed by atoms with Gasteiger partial charge in [0, 0.05) is 12.1 Å². The van der Waals surface area contributed by atoms with Crippen LogP contribution in [0.5, 0.6) is 0 Å². The lowest BCUT2D eigenvalue weighted by Crippen LogP contribution is -2.24. The van der Waals surface area contributed by atoms with Crippen molar-refractivity contribution in [3.63, 3.8) is 0 Å². The molecular formula is C13H28N2O. The predicted molar refractivity (Wildman–Crippen MR) is 71.6 cm³/mol. The Morgan fingerprint density at radius 3 is 1.75 bits per heavy atom. The van der Waals surface area contributed by atoms with Crippen LogP contribution in [-0.2, 0) is 4.79 Å². The van der Waals surface area contributed by atoms with Gasteiger partial charge < -0.3 is 10.2 Å². The zero-order chi connectivity index (χ0) is 13.0. The van der Waals surface area contributed by atoms with E-state index in [0.717, 1.165) is 13.0 Å². The van der Waals surface area contributed by atoms with Crippen LogP contribution >= 0.6 is 0 Å². The summed E-state index contributed by atoms with van der Waals surface area (Å²) in [4.78, 5) is 13.1. The predicted octanol–water partition coefficient (Wildman–Crippen LogP) is 2.44. The summed E-state index contributed by atoms with van der Waals surface area (Å²) in [6.07, 6.45) is 0.971. The Morgan fingerprint density at radius 1 is 1.12 bits per heavy atom. The summed E-state index contributed by atoms with van der Waals surface area (Å²) in [6.45, 7) is 18.1. The van der Waals surface area contributed by atoms with Crippen molar-refractivity contribution in [2.75, 3.05) is 26.2 Å². The fourth-order valence-electron chi connectivity index (χ4n) is 1.06. The van der Waals surface area contributed by atoms with E-state index in [9.17, 15) is 4.79 Å². The van der Waals surface area contributed by atoms with Crippen molar-refractivity contribution in [1.29, 1.82) is 0 Å². The number of carbonyl (C=O) groups is 1. The third-order valence-electron chi connectivity index (χ3n) is 2.26. The zero-order valence-corrected chi connectivity index (χ0v) is 11.6. The van der Waals surface area contributed by atoms with E-state index in [-0.39, 0.29) is 5.91 Å². The zero-order valence-electron chi connectivity index (χ0n) is 11.6. The monoisotopic (exact) mass is 228 g/mol. The van der Waals surface area contributed by atoms with Crippen LogP contribution in [0.1, 0.15) is 41.0 Å². The van der Waals surface area contributed by atoms with E-state index in [2.05, 4.69) is 37.6 Å². The fourth-order valence-corrected chi connectivity index (χ4v) is 1.06. The highest BCUT2D eigenvalue weighted by molar-refractivity contribution is 5.91. The minimum atomic E-state index is -0.0446. The summed E-state index contributed by atoms with van der Waals surface area (Å²) < 4.78 is 0. The van der Waals surface area contributed by atoms with Crippen molar-refractivity contribution in [3.8, 4) is 0 Å². The quantitative estimate of drug-likeness (QED) is 0.708. The Labute approximate surface area is 101 Å². The van der Waals surface area contributed by atoms with Crippen LogP contribution in [0.2, 0.25) is 0 Å². The molecule has 0 saturated carbocycles. The first-order chi connectivity index (χ1) is 7.53. The molecule has 0 aliphatic rings. The molecule has 0 atom stereocenters. The second-order valence-electron chi connectivity index (χ2n) is 3.66. The summed E-state index contributed by atoms with van der Waals surface area (Å²) >= 11 is 0. The van der Waals surface area contributed by atoms with E-state index in [1.807, 2.05) is 6.92 Å². The first-order valence-electron chi connectivity index (χ1n) is 6.19. The third kappa shape index (κ3) is 11.2. The second-order valence-corrected chi connectivity index (χ2v) is 3.66. The van der Waals surface area contributed by atoms with E-state index in [4.69, 9.17) is 0 Å². The molecule has 3 heteroatoms. The summed E-state index contributed by atoms with van der Waals surface area (Å²) in [5, 5.41) is 2.69. The minimum Gasteiger partial charge on any atom is -0.352 e. The van der Waals surface area contributed by atoms with Crippen LogP contribution in [0.25, 0.3) is 0 Å². The van der Waals surface area contributed by atoms with E-state index in [1.165, 1.54) is 19.6 Å². The molecule has 0 aromatic heterocycles.